The van der Waals surface area contributed by atoms with Gasteiger partial charge in [-0.2, -0.15) is 5.10 Å². The van der Waals surface area contributed by atoms with Gasteiger partial charge in [-0.1, -0.05) is 12.1 Å². The summed E-state index contributed by atoms with van der Waals surface area (Å²) in [6.07, 6.45) is 2.41. The molecule has 0 atom stereocenters. The molecule has 0 unspecified atom stereocenters. The van der Waals surface area contributed by atoms with Crippen LogP contribution in [0.5, 0.6) is 17.2 Å². The number of hydrogen-bond acceptors (Lipinski definition) is 7. The third kappa shape index (κ3) is 5.85. The van der Waals surface area contributed by atoms with E-state index in [-0.39, 0.29) is 11.4 Å². The van der Waals surface area contributed by atoms with Gasteiger partial charge in [0.15, 0.2) is 0 Å². The minimum Gasteiger partial charge on any atom is -0.497 e. The zero-order chi connectivity index (χ0) is 21.4. The number of nitrogens with one attached hydrogen (secondary N) is 1. The second-order valence-electron chi connectivity index (χ2n) is 5.84. The Morgan fingerprint density at radius 1 is 1.07 bits per heavy atom. The summed E-state index contributed by atoms with van der Waals surface area (Å²) in [5, 5.41) is 3.87. The van der Waals surface area contributed by atoms with Gasteiger partial charge < -0.3 is 14.2 Å². The van der Waals surface area contributed by atoms with Crippen LogP contribution in [0.3, 0.4) is 0 Å². The van der Waals surface area contributed by atoms with Crippen LogP contribution in [-0.4, -0.2) is 54.7 Å². The van der Waals surface area contributed by atoms with Crippen molar-refractivity contribution in [2.24, 2.45) is 5.10 Å². The predicted molar refractivity (Wildman–Crippen MR) is 110 cm³/mol. The predicted octanol–water partition coefficient (Wildman–Crippen LogP) is 1.63. The molecule has 0 radical (unpaired) electrons. The minimum absolute atomic E-state index is 0.208. The van der Waals surface area contributed by atoms with E-state index >= 15 is 0 Å². The van der Waals surface area contributed by atoms with E-state index in [9.17, 15) is 13.2 Å². The van der Waals surface area contributed by atoms with E-state index in [1.54, 1.807) is 30.3 Å². The average Bonchev–Trinajstić information content (AvgIpc) is 2.71. The van der Waals surface area contributed by atoms with Gasteiger partial charge in [0.05, 0.1) is 39.5 Å². The van der Waals surface area contributed by atoms with Crippen LogP contribution in [0.4, 0.5) is 5.69 Å². The zero-order valence-corrected chi connectivity index (χ0v) is 17.4. The number of sulfonamides is 1. The molecule has 0 aliphatic heterocycles. The summed E-state index contributed by atoms with van der Waals surface area (Å²) in [5.41, 5.74) is 3.19. The summed E-state index contributed by atoms with van der Waals surface area (Å²) in [6.45, 7) is -0.481. The maximum atomic E-state index is 12.3. The van der Waals surface area contributed by atoms with E-state index in [2.05, 4.69) is 10.5 Å². The number of hydrazone groups is 1. The van der Waals surface area contributed by atoms with E-state index < -0.39 is 22.5 Å². The average molecular weight is 421 g/mol. The number of ether oxygens (including phenoxy) is 3. The van der Waals surface area contributed by atoms with Gasteiger partial charge >= 0.3 is 0 Å². The lowest BCUT2D eigenvalue weighted by atomic mass is 10.2. The molecule has 2 aromatic carbocycles. The lowest BCUT2D eigenvalue weighted by molar-refractivity contribution is -0.119. The molecule has 9 nitrogen and oxygen atoms in total. The second-order valence-corrected chi connectivity index (χ2v) is 7.75. The fourth-order valence-corrected chi connectivity index (χ4v) is 3.34. The lowest BCUT2D eigenvalue weighted by Crippen LogP contribution is -2.39. The topological polar surface area (TPSA) is 107 Å². The maximum absolute atomic E-state index is 12.3. The molecule has 0 aliphatic carbocycles. The third-order valence-corrected chi connectivity index (χ3v) is 5.00. The fraction of sp³-hybridized carbons (Fsp3) is 0.263. The number of carbonyl (C=O) groups excluding carboxylic acids is 1. The van der Waals surface area contributed by atoms with E-state index in [4.69, 9.17) is 14.2 Å². The minimum atomic E-state index is -3.77. The normalized spacial score (nSPS) is 11.2. The van der Waals surface area contributed by atoms with E-state index in [1.165, 1.54) is 39.7 Å². The van der Waals surface area contributed by atoms with Gasteiger partial charge in [-0.3, -0.25) is 9.10 Å². The molecular weight excluding hydrogens is 398 g/mol. The number of amides is 1. The number of nitrogens with zero attached hydrogens (tertiary/aromatic N) is 2. The highest BCUT2D eigenvalue weighted by atomic mass is 32.2. The van der Waals surface area contributed by atoms with Crippen molar-refractivity contribution in [2.45, 2.75) is 0 Å². The van der Waals surface area contributed by atoms with Gasteiger partial charge in [0, 0.05) is 11.6 Å². The second kappa shape index (κ2) is 9.78. The Balaban J connectivity index is 2.19. The lowest BCUT2D eigenvalue weighted by Gasteiger charge is -2.23. The molecule has 0 fully saturated rings. The van der Waals surface area contributed by atoms with Crippen molar-refractivity contribution in [1.82, 2.24) is 5.43 Å². The van der Waals surface area contributed by atoms with Crippen LogP contribution in [0.1, 0.15) is 5.56 Å². The van der Waals surface area contributed by atoms with Gasteiger partial charge in [-0.15, -0.1) is 0 Å². The highest BCUT2D eigenvalue weighted by Crippen LogP contribution is 2.33. The molecule has 2 aromatic rings. The summed E-state index contributed by atoms with van der Waals surface area (Å²) in [5.74, 6) is 0.704. The number of anilines is 1. The molecule has 0 spiro atoms. The quantitative estimate of drug-likeness (QED) is 0.487. The van der Waals surface area contributed by atoms with Gasteiger partial charge in [-0.25, -0.2) is 13.8 Å². The van der Waals surface area contributed by atoms with Gasteiger partial charge in [-0.05, 0) is 24.3 Å². The number of para-hydroxylation sites is 1. The zero-order valence-electron chi connectivity index (χ0n) is 16.6. The Morgan fingerprint density at radius 3 is 2.38 bits per heavy atom. The molecular formula is C19H23N3O6S. The van der Waals surface area contributed by atoms with Crippen molar-refractivity contribution in [1.29, 1.82) is 0 Å². The molecule has 1 N–H and O–H groups in total. The van der Waals surface area contributed by atoms with Crippen LogP contribution in [0, 0.1) is 0 Å². The molecule has 156 valence electrons. The summed E-state index contributed by atoms with van der Waals surface area (Å²) < 4.78 is 41.0. The smallest absolute Gasteiger partial charge is 0.260 e. The first-order valence-electron chi connectivity index (χ1n) is 8.44. The first kappa shape index (κ1) is 22.0. The summed E-state index contributed by atoms with van der Waals surface area (Å²) >= 11 is 0. The first-order chi connectivity index (χ1) is 13.8. The number of carbonyl (C=O) groups is 1. The Kier molecular flexibility index (Phi) is 7.43. The third-order valence-electron chi connectivity index (χ3n) is 3.87. The summed E-state index contributed by atoms with van der Waals surface area (Å²) in [6, 6.07) is 11.7. The Labute approximate surface area is 169 Å². The fourth-order valence-electron chi connectivity index (χ4n) is 2.48. The Hall–Kier alpha value is -3.27. The van der Waals surface area contributed by atoms with Crippen molar-refractivity contribution in [3.05, 3.63) is 48.0 Å². The van der Waals surface area contributed by atoms with Crippen LogP contribution in [0.15, 0.2) is 47.6 Å². The van der Waals surface area contributed by atoms with Crippen molar-refractivity contribution < 1.29 is 27.4 Å². The highest BCUT2D eigenvalue weighted by molar-refractivity contribution is 7.92. The Bertz CT molecular complexity index is 991. The van der Waals surface area contributed by atoms with Crippen LogP contribution < -0.4 is 23.9 Å². The molecule has 0 aliphatic rings. The number of rotatable bonds is 9. The number of methoxy groups -OCH3 is 3. The molecule has 1 amide bonds. The standard InChI is InChI=1S/C19H23N3O6S/c1-26-15-9-10-16(18(11-15)28-3)22(29(4,24)25)13-19(23)21-20-12-14-7-5-6-8-17(14)27-2/h5-12H,13H2,1-4H3,(H,21,23)/b20-12-. The molecule has 0 saturated heterocycles. The van der Waals surface area contributed by atoms with Crippen LogP contribution in [-0.2, 0) is 14.8 Å². The molecule has 0 bridgehead atoms. The van der Waals surface area contributed by atoms with Gasteiger partial charge in [0.1, 0.15) is 23.8 Å². The van der Waals surface area contributed by atoms with Crippen LogP contribution >= 0.6 is 0 Å². The van der Waals surface area contributed by atoms with E-state index in [0.717, 1.165) is 10.6 Å². The van der Waals surface area contributed by atoms with Crippen molar-refractivity contribution in [3.63, 3.8) is 0 Å². The molecule has 2 rings (SSSR count). The first-order valence-corrected chi connectivity index (χ1v) is 10.3. The van der Waals surface area contributed by atoms with E-state index in [1.807, 2.05) is 0 Å². The van der Waals surface area contributed by atoms with Gasteiger partial charge in [0.2, 0.25) is 10.0 Å². The van der Waals surface area contributed by atoms with Gasteiger partial charge in [0.25, 0.3) is 5.91 Å². The molecule has 0 heterocycles. The summed E-state index contributed by atoms with van der Waals surface area (Å²) in [7, 11) is 0.633. The molecule has 29 heavy (non-hydrogen) atoms. The van der Waals surface area contributed by atoms with Crippen molar-refractivity contribution in [3.8, 4) is 17.2 Å². The van der Waals surface area contributed by atoms with Crippen molar-refractivity contribution in [2.75, 3.05) is 38.4 Å². The van der Waals surface area contributed by atoms with Crippen molar-refractivity contribution >= 4 is 27.8 Å². The highest BCUT2D eigenvalue weighted by Gasteiger charge is 2.24. The monoisotopic (exact) mass is 421 g/mol. The van der Waals surface area contributed by atoms with E-state index in [0.29, 0.717) is 17.1 Å². The number of benzene rings is 2. The maximum Gasteiger partial charge on any atom is 0.260 e. The molecule has 0 aromatic heterocycles. The number of hydrogen-bond donors (Lipinski definition) is 1. The largest absolute Gasteiger partial charge is 0.497 e. The van der Waals surface area contributed by atoms with Crippen LogP contribution in [0.2, 0.25) is 0 Å². The summed E-state index contributed by atoms with van der Waals surface area (Å²) in [4.78, 5) is 12.3. The molecule has 0 saturated carbocycles. The molecule has 10 heteroatoms. The van der Waals surface area contributed by atoms with Crippen LogP contribution in [0.25, 0.3) is 0 Å². The Morgan fingerprint density at radius 2 is 1.76 bits per heavy atom. The SMILES string of the molecule is COc1ccc(N(CC(=O)N/N=C\c2ccccc2OC)S(C)(=O)=O)c(OC)c1.